The second-order valence-corrected chi connectivity index (χ2v) is 3.33. The third-order valence-electron chi connectivity index (χ3n) is 2.16. The number of rotatable bonds is 6. The van der Waals surface area contributed by atoms with Crippen LogP contribution < -0.4 is 15.2 Å². The van der Waals surface area contributed by atoms with Gasteiger partial charge in [-0.15, -0.1) is 0 Å². The van der Waals surface area contributed by atoms with Crippen molar-refractivity contribution in [3.05, 3.63) is 23.8 Å². The summed E-state index contributed by atoms with van der Waals surface area (Å²) in [5.74, 6) is 1.28. The standard InChI is InChI=1S/C12H18FNO2/c1-3-15-11-6-5-9(10(14)8-13)7-12(11)16-4-2/h5-7,10H,3-4,8,14H2,1-2H3. The molecular weight excluding hydrogens is 209 g/mol. The zero-order chi connectivity index (χ0) is 12.0. The van der Waals surface area contributed by atoms with Gasteiger partial charge >= 0.3 is 0 Å². The Morgan fingerprint density at radius 3 is 2.38 bits per heavy atom. The Bertz CT molecular complexity index is 331. The van der Waals surface area contributed by atoms with E-state index < -0.39 is 12.7 Å². The fourth-order valence-electron chi connectivity index (χ4n) is 1.39. The maximum atomic E-state index is 12.4. The molecule has 0 bridgehead atoms. The Balaban J connectivity index is 2.96. The predicted octanol–water partition coefficient (Wildman–Crippen LogP) is 2.45. The molecule has 1 aromatic carbocycles. The molecule has 0 aliphatic carbocycles. The van der Waals surface area contributed by atoms with Crippen LogP contribution in [0, 0.1) is 0 Å². The van der Waals surface area contributed by atoms with Crippen molar-refractivity contribution in [2.45, 2.75) is 19.9 Å². The van der Waals surface area contributed by atoms with Crippen molar-refractivity contribution in [2.75, 3.05) is 19.9 Å². The molecule has 3 nitrogen and oxygen atoms in total. The van der Waals surface area contributed by atoms with Gasteiger partial charge < -0.3 is 15.2 Å². The summed E-state index contributed by atoms with van der Waals surface area (Å²) in [5, 5.41) is 0. The van der Waals surface area contributed by atoms with E-state index in [1.54, 1.807) is 18.2 Å². The number of benzene rings is 1. The van der Waals surface area contributed by atoms with Crippen LogP contribution in [0.15, 0.2) is 18.2 Å². The van der Waals surface area contributed by atoms with Gasteiger partial charge in [-0.1, -0.05) is 6.07 Å². The molecule has 1 atom stereocenters. The lowest BCUT2D eigenvalue weighted by molar-refractivity contribution is 0.287. The maximum absolute atomic E-state index is 12.4. The molecule has 0 aliphatic heterocycles. The number of hydrogen-bond acceptors (Lipinski definition) is 3. The molecule has 2 N–H and O–H groups in total. The first kappa shape index (κ1) is 12.8. The second-order valence-electron chi connectivity index (χ2n) is 3.33. The van der Waals surface area contributed by atoms with Crippen LogP contribution in [0.5, 0.6) is 11.5 Å². The van der Waals surface area contributed by atoms with Gasteiger partial charge in [0.05, 0.1) is 19.3 Å². The van der Waals surface area contributed by atoms with Crippen molar-refractivity contribution in [3.8, 4) is 11.5 Å². The number of ether oxygens (including phenoxy) is 2. The van der Waals surface area contributed by atoms with Gasteiger partial charge in [0.2, 0.25) is 0 Å². The van der Waals surface area contributed by atoms with E-state index in [0.717, 1.165) is 5.56 Å². The van der Waals surface area contributed by atoms with Gasteiger partial charge in [0, 0.05) is 0 Å². The molecule has 0 amide bonds. The zero-order valence-corrected chi connectivity index (χ0v) is 9.70. The summed E-state index contributed by atoms with van der Waals surface area (Å²) in [4.78, 5) is 0. The van der Waals surface area contributed by atoms with Crippen LogP contribution in [0.2, 0.25) is 0 Å². The lowest BCUT2D eigenvalue weighted by atomic mass is 10.1. The van der Waals surface area contributed by atoms with Gasteiger partial charge in [-0.25, -0.2) is 4.39 Å². The van der Waals surface area contributed by atoms with Gasteiger partial charge in [-0.3, -0.25) is 0 Å². The van der Waals surface area contributed by atoms with E-state index in [0.29, 0.717) is 24.7 Å². The first-order chi connectivity index (χ1) is 7.72. The summed E-state index contributed by atoms with van der Waals surface area (Å²) in [6.45, 7) is 4.30. The quantitative estimate of drug-likeness (QED) is 0.811. The van der Waals surface area contributed by atoms with E-state index in [1.165, 1.54) is 0 Å². The van der Waals surface area contributed by atoms with E-state index in [-0.39, 0.29) is 0 Å². The smallest absolute Gasteiger partial charge is 0.161 e. The molecule has 0 saturated carbocycles. The summed E-state index contributed by atoms with van der Waals surface area (Å²) in [5.41, 5.74) is 6.33. The normalized spacial score (nSPS) is 12.2. The Morgan fingerprint density at radius 1 is 1.19 bits per heavy atom. The van der Waals surface area contributed by atoms with Crippen LogP contribution in [0.25, 0.3) is 0 Å². The Hall–Kier alpha value is -1.29. The van der Waals surface area contributed by atoms with E-state index in [2.05, 4.69) is 0 Å². The van der Waals surface area contributed by atoms with Crippen LogP contribution in [-0.4, -0.2) is 19.9 Å². The lowest BCUT2D eigenvalue weighted by Crippen LogP contribution is -2.12. The molecule has 1 unspecified atom stereocenters. The van der Waals surface area contributed by atoms with E-state index in [9.17, 15) is 4.39 Å². The highest BCUT2D eigenvalue weighted by Gasteiger charge is 2.10. The van der Waals surface area contributed by atoms with Crippen LogP contribution >= 0.6 is 0 Å². The van der Waals surface area contributed by atoms with Crippen molar-refractivity contribution < 1.29 is 13.9 Å². The molecule has 0 aliphatic rings. The van der Waals surface area contributed by atoms with Gasteiger partial charge in [-0.05, 0) is 31.5 Å². The van der Waals surface area contributed by atoms with Gasteiger partial charge in [0.1, 0.15) is 6.67 Å². The largest absolute Gasteiger partial charge is 0.490 e. The summed E-state index contributed by atoms with van der Waals surface area (Å²) in [6, 6.07) is 4.66. The molecule has 0 heterocycles. The fraction of sp³-hybridized carbons (Fsp3) is 0.500. The van der Waals surface area contributed by atoms with Crippen molar-refractivity contribution in [3.63, 3.8) is 0 Å². The molecule has 90 valence electrons. The Labute approximate surface area is 95.4 Å². The summed E-state index contributed by atoms with van der Waals surface area (Å²) in [7, 11) is 0. The molecule has 0 spiro atoms. The molecule has 0 saturated heterocycles. The van der Waals surface area contributed by atoms with E-state index >= 15 is 0 Å². The summed E-state index contributed by atoms with van der Waals surface area (Å²) >= 11 is 0. The minimum absolute atomic E-state index is 0.536. The van der Waals surface area contributed by atoms with Gasteiger partial charge in [0.15, 0.2) is 11.5 Å². The first-order valence-electron chi connectivity index (χ1n) is 5.44. The van der Waals surface area contributed by atoms with Crippen molar-refractivity contribution in [1.29, 1.82) is 0 Å². The zero-order valence-electron chi connectivity index (χ0n) is 9.70. The predicted molar refractivity (Wildman–Crippen MR) is 61.7 cm³/mol. The van der Waals surface area contributed by atoms with Crippen molar-refractivity contribution in [2.24, 2.45) is 5.73 Å². The van der Waals surface area contributed by atoms with Crippen molar-refractivity contribution >= 4 is 0 Å². The maximum Gasteiger partial charge on any atom is 0.161 e. The Morgan fingerprint density at radius 2 is 1.81 bits per heavy atom. The van der Waals surface area contributed by atoms with Gasteiger partial charge in [-0.2, -0.15) is 0 Å². The molecular formula is C12H18FNO2. The molecule has 0 fully saturated rings. The second kappa shape index (κ2) is 6.33. The van der Waals surface area contributed by atoms with E-state index in [4.69, 9.17) is 15.2 Å². The minimum atomic E-state index is -0.602. The van der Waals surface area contributed by atoms with Crippen LogP contribution in [0.1, 0.15) is 25.5 Å². The third kappa shape index (κ3) is 3.10. The van der Waals surface area contributed by atoms with E-state index in [1.807, 2.05) is 13.8 Å². The number of halogens is 1. The average molecular weight is 227 g/mol. The summed E-state index contributed by atoms with van der Waals surface area (Å²) < 4.78 is 23.3. The van der Waals surface area contributed by atoms with Crippen LogP contribution in [-0.2, 0) is 0 Å². The number of hydrogen-bond donors (Lipinski definition) is 1. The molecule has 0 aromatic heterocycles. The topological polar surface area (TPSA) is 44.5 Å². The van der Waals surface area contributed by atoms with Crippen LogP contribution in [0.4, 0.5) is 4.39 Å². The number of alkyl halides is 1. The molecule has 4 heteroatoms. The molecule has 0 radical (unpaired) electrons. The highest BCUT2D eigenvalue weighted by atomic mass is 19.1. The minimum Gasteiger partial charge on any atom is -0.490 e. The SMILES string of the molecule is CCOc1ccc(C(N)CF)cc1OCC. The summed E-state index contributed by atoms with van der Waals surface area (Å²) in [6.07, 6.45) is 0. The highest BCUT2D eigenvalue weighted by Crippen LogP contribution is 2.30. The monoisotopic (exact) mass is 227 g/mol. The lowest BCUT2D eigenvalue weighted by Gasteiger charge is -2.14. The highest BCUT2D eigenvalue weighted by molar-refractivity contribution is 5.43. The number of nitrogens with two attached hydrogens (primary N) is 1. The molecule has 16 heavy (non-hydrogen) atoms. The Kier molecular flexibility index (Phi) is 5.05. The fourth-order valence-corrected chi connectivity index (χ4v) is 1.39. The van der Waals surface area contributed by atoms with Crippen molar-refractivity contribution in [1.82, 2.24) is 0 Å². The molecule has 1 rings (SSSR count). The average Bonchev–Trinajstić information content (AvgIpc) is 2.31. The first-order valence-corrected chi connectivity index (χ1v) is 5.44. The third-order valence-corrected chi connectivity index (χ3v) is 2.16. The van der Waals surface area contributed by atoms with Crippen LogP contribution in [0.3, 0.4) is 0 Å². The van der Waals surface area contributed by atoms with Gasteiger partial charge in [0.25, 0.3) is 0 Å². The molecule has 1 aromatic rings.